The van der Waals surface area contributed by atoms with Gasteiger partial charge in [-0.3, -0.25) is 4.79 Å². The van der Waals surface area contributed by atoms with Crippen molar-refractivity contribution in [3.8, 4) is 0 Å². The van der Waals surface area contributed by atoms with Crippen LogP contribution in [0.1, 0.15) is 13.3 Å². The van der Waals surface area contributed by atoms with Crippen molar-refractivity contribution >= 4 is 5.78 Å². The van der Waals surface area contributed by atoms with Crippen molar-refractivity contribution in [3.63, 3.8) is 0 Å². The number of ether oxygens (including phenoxy) is 1. The summed E-state index contributed by atoms with van der Waals surface area (Å²) in [6.07, 6.45) is -4.67. The molecule has 0 aromatic heterocycles. The molecule has 0 aromatic rings. The van der Waals surface area contributed by atoms with E-state index in [4.69, 9.17) is 14.9 Å². The molecular weight excluding hydrogens is 164 g/mol. The van der Waals surface area contributed by atoms with Crippen molar-refractivity contribution in [2.75, 3.05) is 0 Å². The number of aliphatic hydroxyl groups excluding tert-OH is 3. The first-order chi connectivity index (χ1) is 5.52. The highest BCUT2D eigenvalue weighted by Crippen LogP contribution is 2.19. The standard InChI is InChI=1S/C7H12O5/c1-3(8)7-6(11)4(9)2-5(10)12-7/h4-7,9-11H,2H2,1H3/t4-,5-,6+,7-/m1/s1. The summed E-state index contributed by atoms with van der Waals surface area (Å²) in [5.74, 6) is -0.403. The lowest BCUT2D eigenvalue weighted by Crippen LogP contribution is -2.51. The van der Waals surface area contributed by atoms with E-state index in [1.807, 2.05) is 0 Å². The second kappa shape index (κ2) is 3.49. The number of carbonyl (C=O) groups is 1. The van der Waals surface area contributed by atoms with Crippen LogP contribution in [-0.4, -0.2) is 45.7 Å². The zero-order valence-electron chi connectivity index (χ0n) is 6.67. The monoisotopic (exact) mass is 176 g/mol. The van der Waals surface area contributed by atoms with Crippen molar-refractivity contribution in [1.29, 1.82) is 0 Å². The summed E-state index contributed by atoms with van der Waals surface area (Å²) in [5.41, 5.74) is 0. The summed E-state index contributed by atoms with van der Waals surface area (Å²) in [4.78, 5) is 10.8. The predicted molar refractivity (Wildman–Crippen MR) is 38.2 cm³/mol. The third-order valence-corrected chi connectivity index (χ3v) is 1.85. The van der Waals surface area contributed by atoms with Crippen LogP contribution in [0.25, 0.3) is 0 Å². The van der Waals surface area contributed by atoms with Gasteiger partial charge in [0.25, 0.3) is 0 Å². The lowest BCUT2D eigenvalue weighted by Gasteiger charge is -2.33. The van der Waals surface area contributed by atoms with Crippen LogP contribution < -0.4 is 0 Å². The molecule has 1 aliphatic heterocycles. The highest BCUT2D eigenvalue weighted by atomic mass is 16.6. The molecule has 3 N–H and O–H groups in total. The fourth-order valence-corrected chi connectivity index (χ4v) is 1.19. The van der Waals surface area contributed by atoms with E-state index in [2.05, 4.69) is 0 Å². The van der Waals surface area contributed by atoms with E-state index >= 15 is 0 Å². The van der Waals surface area contributed by atoms with E-state index in [1.165, 1.54) is 6.92 Å². The quantitative estimate of drug-likeness (QED) is 0.448. The molecule has 12 heavy (non-hydrogen) atoms. The summed E-state index contributed by atoms with van der Waals surface area (Å²) >= 11 is 0. The zero-order chi connectivity index (χ0) is 9.30. The van der Waals surface area contributed by atoms with Gasteiger partial charge in [-0.25, -0.2) is 0 Å². The summed E-state index contributed by atoms with van der Waals surface area (Å²) in [7, 11) is 0. The van der Waals surface area contributed by atoms with Crippen LogP contribution in [0.4, 0.5) is 0 Å². The van der Waals surface area contributed by atoms with Crippen molar-refractivity contribution < 1.29 is 24.9 Å². The third kappa shape index (κ3) is 1.81. The molecule has 4 atom stereocenters. The number of Topliss-reactive ketones (excluding diaryl/α,β-unsaturated/α-hetero) is 1. The molecule has 1 saturated heterocycles. The van der Waals surface area contributed by atoms with E-state index in [9.17, 15) is 9.90 Å². The first-order valence-corrected chi connectivity index (χ1v) is 3.72. The molecule has 0 amide bonds. The maximum absolute atomic E-state index is 10.8. The fraction of sp³-hybridized carbons (Fsp3) is 0.857. The topological polar surface area (TPSA) is 87.0 Å². The van der Waals surface area contributed by atoms with Gasteiger partial charge >= 0.3 is 0 Å². The minimum atomic E-state index is -1.23. The van der Waals surface area contributed by atoms with E-state index in [-0.39, 0.29) is 6.42 Å². The number of rotatable bonds is 1. The Morgan fingerprint density at radius 1 is 1.42 bits per heavy atom. The van der Waals surface area contributed by atoms with Crippen molar-refractivity contribution in [3.05, 3.63) is 0 Å². The molecule has 0 unspecified atom stereocenters. The number of aliphatic hydroxyl groups is 3. The molecule has 1 heterocycles. The molecule has 1 fully saturated rings. The second-order valence-corrected chi connectivity index (χ2v) is 2.92. The van der Waals surface area contributed by atoms with Crippen molar-refractivity contribution in [2.45, 2.75) is 37.9 Å². The summed E-state index contributed by atoms with van der Waals surface area (Å²) in [6, 6.07) is 0. The molecule has 0 aliphatic carbocycles. The summed E-state index contributed by atoms with van der Waals surface area (Å²) in [6.45, 7) is 1.23. The predicted octanol–water partition coefficient (Wildman–Crippen LogP) is -1.60. The first kappa shape index (κ1) is 9.60. The minimum Gasteiger partial charge on any atom is -0.390 e. The SMILES string of the molecule is CC(=O)[C@H]1O[C@@H](O)C[C@@H](O)[C@@H]1O. The van der Waals surface area contributed by atoms with E-state index in [0.29, 0.717) is 0 Å². The molecule has 5 nitrogen and oxygen atoms in total. The number of ketones is 1. The van der Waals surface area contributed by atoms with Gasteiger partial charge in [-0.1, -0.05) is 0 Å². The van der Waals surface area contributed by atoms with E-state index < -0.39 is 30.4 Å². The van der Waals surface area contributed by atoms with Gasteiger partial charge in [0, 0.05) is 6.42 Å². The molecule has 70 valence electrons. The Labute approximate surface area is 69.6 Å². The van der Waals surface area contributed by atoms with Gasteiger partial charge in [-0.2, -0.15) is 0 Å². The van der Waals surface area contributed by atoms with Gasteiger partial charge in [0.2, 0.25) is 0 Å². The van der Waals surface area contributed by atoms with Crippen LogP contribution in [0.5, 0.6) is 0 Å². The smallest absolute Gasteiger partial charge is 0.161 e. The second-order valence-electron chi connectivity index (χ2n) is 2.92. The molecule has 1 aliphatic rings. The Kier molecular flexibility index (Phi) is 2.79. The molecule has 1 rings (SSSR count). The maximum atomic E-state index is 10.8. The van der Waals surface area contributed by atoms with E-state index in [1.54, 1.807) is 0 Å². The lowest BCUT2D eigenvalue weighted by atomic mass is 9.99. The van der Waals surface area contributed by atoms with E-state index in [0.717, 1.165) is 0 Å². The largest absolute Gasteiger partial charge is 0.390 e. The third-order valence-electron chi connectivity index (χ3n) is 1.85. The Balaban J connectivity index is 2.66. The molecular formula is C7H12O5. The molecule has 0 radical (unpaired) electrons. The zero-order valence-corrected chi connectivity index (χ0v) is 6.67. The molecule has 0 bridgehead atoms. The molecule has 0 spiro atoms. The highest BCUT2D eigenvalue weighted by Gasteiger charge is 2.38. The van der Waals surface area contributed by atoms with Crippen molar-refractivity contribution in [2.24, 2.45) is 0 Å². The summed E-state index contributed by atoms with van der Waals surface area (Å²) in [5, 5.41) is 27.3. The molecule has 0 saturated carbocycles. The van der Waals surface area contributed by atoms with Gasteiger partial charge in [0.15, 0.2) is 12.1 Å². The number of hydrogen-bond donors (Lipinski definition) is 3. The minimum absolute atomic E-state index is 0.0645. The van der Waals surface area contributed by atoms with Gasteiger partial charge in [0.1, 0.15) is 12.2 Å². The number of hydrogen-bond acceptors (Lipinski definition) is 5. The van der Waals surface area contributed by atoms with Crippen LogP contribution in [0.15, 0.2) is 0 Å². The van der Waals surface area contributed by atoms with Crippen LogP contribution in [0.2, 0.25) is 0 Å². The first-order valence-electron chi connectivity index (χ1n) is 3.72. The normalized spacial score (nSPS) is 42.7. The number of carbonyl (C=O) groups excluding carboxylic acids is 1. The Morgan fingerprint density at radius 2 is 2.00 bits per heavy atom. The highest BCUT2D eigenvalue weighted by molar-refractivity contribution is 5.81. The van der Waals surface area contributed by atoms with Crippen LogP contribution in [-0.2, 0) is 9.53 Å². The van der Waals surface area contributed by atoms with Crippen LogP contribution in [0, 0.1) is 0 Å². The maximum Gasteiger partial charge on any atom is 0.161 e. The van der Waals surface area contributed by atoms with Crippen LogP contribution in [0.3, 0.4) is 0 Å². The van der Waals surface area contributed by atoms with Crippen molar-refractivity contribution in [1.82, 2.24) is 0 Å². The van der Waals surface area contributed by atoms with Gasteiger partial charge in [-0.15, -0.1) is 0 Å². The van der Waals surface area contributed by atoms with Crippen LogP contribution >= 0.6 is 0 Å². The molecule has 5 heteroatoms. The Bertz CT molecular complexity index is 181. The summed E-state index contributed by atoms with van der Waals surface area (Å²) < 4.78 is 4.73. The fourth-order valence-electron chi connectivity index (χ4n) is 1.19. The lowest BCUT2D eigenvalue weighted by molar-refractivity contribution is -0.227. The average molecular weight is 176 g/mol. The van der Waals surface area contributed by atoms with Gasteiger partial charge < -0.3 is 20.1 Å². The molecule has 0 aromatic carbocycles. The Morgan fingerprint density at radius 3 is 2.50 bits per heavy atom. The average Bonchev–Trinajstić information content (AvgIpc) is 1.96. The Hall–Kier alpha value is -0.490. The van der Waals surface area contributed by atoms with Gasteiger partial charge in [0.05, 0.1) is 6.10 Å². The van der Waals surface area contributed by atoms with Gasteiger partial charge in [-0.05, 0) is 6.92 Å².